The topological polar surface area (TPSA) is 38.3 Å². The van der Waals surface area contributed by atoms with Crippen molar-refractivity contribution >= 4 is 21.8 Å². The average Bonchev–Trinajstić information content (AvgIpc) is 2.24. The Labute approximate surface area is 102 Å². The van der Waals surface area contributed by atoms with Gasteiger partial charge in [0.15, 0.2) is 6.10 Å². The first-order chi connectivity index (χ1) is 7.54. The molecule has 0 saturated carbocycles. The Bertz CT molecular complexity index is 384. The highest BCUT2D eigenvalue weighted by atomic mass is 79.9. The van der Waals surface area contributed by atoms with E-state index in [9.17, 15) is 9.18 Å². The summed E-state index contributed by atoms with van der Waals surface area (Å²) in [6, 6.07) is 4.25. The third-order valence-electron chi connectivity index (χ3n) is 1.92. The molecule has 0 aliphatic heterocycles. The Kier molecular flexibility index (Phi) is 4.73. The molecule has 1 aromatic rings. The third kappa shape index (κ3) is 3.48. The van der Waals surface area contributed by atoms with E-state index in [1.165, 1.54) is 18.2 Å². The first kappa shape index (κ1) is 13.0. The number of carbonyl (C=O) groups excluding carboxylic acids is 1. The van der Waals surface area contributed by atoms with Crippen LogP contribution < -0.4 is 10.1 Å². The Morgan fingerprint density at radius 2 is 2.31 bits per heavy atom. The van der Waals surface area contributed by atoms with Gasteiger partial charge in [-0.3, -0.25) is 4.79 Å². The summed E-state index contributed by atoms with van der Waals surface area (Å²) >= 11 is 3.05. The number of nitrogens with one attached hydrogen (secondary N) is 1. The second-order valence-corrected chi connectivity index (χ2v) is 4.08. The fourth-order valence-corrected chi connectivity index (χ4v) is 1.48. The van der Waals surface area contributed by atoms with Crippen LogP contribution in [0.3, 0.4) is 0 Å². The standard InChI is InChI=1S/C11H13BrFNO2/c1-3-14-11(15)7(2)16-8-4-5-10(13)9(12)6-8/h4-7H,3H2,1-2H3,(H,14,15). The highest BCUT2D eigenvalue weighted by Crippen LogP contribution is 2.22. The number of rotatable bonds is 4. The largest absolute Gasteiger partial charge is 0.481 e. The van der Waals surface area contributed by atoms with E-state index >= 15 is 0 Å². The molecule has 3 nitrogen and oxygen atoms in total. The van der Waals surface area contributed by atoms with E-state index in [4.69, 9.17) is 4.74 Å². The summed E-state index contributed by atoms with van der Waals surface area (Å²) < 4.78 is 18.6. The Morgan fingerprint density at radius 3 is 2.88 bits per heavy atom. The van der Waals surface area contributed by atoms with Gasteiger partial charge in [0.2, 0.25) is 0 Å². The van der Waals surface area contributed by atoms with Crippen molar-refractivity contribution in [1.29, 1.82) is 0 Å². The normalized spacial score (nSPS) is 12.0. The summed E-state index contributed by atoms with van der Waals surface area (Å²) in [7, 11) is 0. The maximum atomic E-state index is 12.9. The molecule has 0 saturated heterocycles. The van der Waals surface area contributed by atoms with Gasteiger partial charge in [-0.2, -0.15) is 0 Å². The van der Waals surface area contributed by atoms with Crippen LogP contribution in [0.15, 0.2) is 22.7 Å². The molecule has 0 radical (unpaired) electrons. The van der Waals surface area contributed by atoms with Crippen LogP contribution in [-0.4, -0.2) is 18.6 Å². The summed E-state index contributed by atoms with van der Waals surface area (Å²) in [5.41, 5.74) is 0. The number of amides is 1. The highest BCUT2D eigenvalue weighted by molar-refractivity contribution is 9.10. The van der Waals surface area contributed by atoms with Crippen molar-refractivity contribution in [3.63, 3.8) is 0 Å². The lowest BCUT2D eigenvalue weighted by molar-refractivity contribution is -0.127. The van der Waals surface area contributed by atoms with Gasteiger partial charge in [0.05, 0.1) is 4.47 Å². The van der Waals surface area contributed by atoms with Gasteiger partial charge in [-0.25, -0.2) is 4.39 Å². The minimum absolute atomic E-state index is 0.192. The molecule has 16 heavy (non-hydrogen) atoms. The lowest BCUT2D eigenvalue weighted by Crippen LogP contribution is -2.36. The zero-order chi connectivity index (χ0) is 12.1. The second-order valence-electron chi connectivity index (χ2n) is 3.23. The summed E-state index contributed by atoms with van der Waals surface area (Å²) in [5.74, 6) is -0.104. The van der Waals surface area contributed by atoms with Crippen molar-refractivity contribution < 1.29 is 13.9 Å². The number of hydrogen-bond acceptors (Lipinski definition) is 2. The Hall–Kier alpha value is -1.10. The summed E-state index contributed by atoms with van der Waals surface area (Å²) in [6.07, 6.45) is -0.600. The van der Waals surface area contributed by atoms with Gasteiger partial charge in [-0.05, 0) is 48.0 Å². The van der Waals surface area contributed by atoms with Gasteiger partial charge in [0.25, 0.3) is 5.91 Å². The van der Waals surface area contributed by atoms with Gasteiger partial charge in [-0.15, -0.1) is 0 Å². The summed E-state index contributed by atoms with van der Waals surface area (Å²) in [6.45, 7) is 4.03. The van der Waals surface area contributed by atoms with Crippen LogP contribution >= 0.6 is 15.9 Å². The van der Waals surface area contributed by atoms with Crippen molar-refractivity contribution in [2.75, 3.05) is 6.54 Å². The molecule has 1 aromatic carbocycles. The monoisotopic (exact) mass is 289 g/mol. The fraction of sp³-hybridized carbons (Fsp3) is 0.364. The molecule has 5 heteroatoms. The number of benzene rings is 1. The van der Waals surface area contributed by atoms with E-state index in [0.717, 1.165) is 0 Å². The molecule has 1 N–H and O–H groups in total. The minimum atomic E-state index is -0.600. The third-order valence-corrected chi connectivity index (χ3v) is 2.53. The summed E-state index contributed by atoms with van der Waals surface area (Å²) in [5, 5.41) is 2.64. The van der Waals surface area contributed by atoms with E-state index in [1.54, 1.807) is 6.92 Å². The van der Waals surface area contributed by atoms with Crippen molar-refractivity contribution in [2.24, 2.45) is 0 Å². The van der Waals surface area contributed by atoms with E-state index in [2.05, 4.69) is 21.2 Å². The molecule has 0 aliphatic carbocycles. The summed E-state index contributed by atoms with van der Waals surface area (Å²) in [4.78, 5) is 11.4. The molecule has 1 rings (SSSR count). The molecule has 0 aromatic heterocycles. The maximum absolute atomic E-state index is 12.9. The molecule has 1 unspecified atom stereocenters. The quantitative estimate of drug-likeness (QED) is 0.925. The molecular formula is C11H13BrFNO2. The van der Waals surface area contributed by atoms with Crippen LogP contribution in [0.4, 0.5) is 4.39 Å². The van der Waals surface area contributed by atoms with Crippen LogP contribution in [0.25, 0.3) is 0 Å². The van der Waals surface area contributed by atoms with Crippen molar-refractivity contribution in [1.82, 2.24) is 5.32 Å². The molecule has 0 bridgehead atoms. The lowest BCUT2D eigenvalue weighted by atomic mass is 10.3. The number of ether oxygens (including phenoxy) is 1. The Morgan fingerprint density at radius 1 is 1.62 bits per heavy atom. The van der Waals surface area contributed by atoms with Gasteiger partial charge < -0.3 is 10.1 Å². The maximum Gasteiger partial charge on any atom is 0.260 e. The van der Waals surface area contributed by atoms with Gasteiger partial charge in [0.1, 0.15) is 11.6 Å². The fourth-order valence-electron chi connectivity index (χ4n) is 1.13. The molecule has 1 atom stereocenters. The smallest absolute Gasteiger partial charge is 0.260 e. The van der Waals surface area contributed by atoms with Crippen LogP contribution in [0, 0.1) is 5.82 Å². The first-order valence-corrected chi connectivity index (χ1v) is 5.73. The van der Waals surface area contributed by atoms with Crippen LogP contribution in [0.1, 0.15) is 13.8 Å². The number of likely N-dealkylation sites (N-methyl/N-ethyl adjacent to an activating group) is 1. The van der Waals surface area contributed by atoms with Gasteiger partial charge in [0, 0.05) is 6.54 Å². The van der Waals surface area contributed by atoms with Gasteiger partial charge in [-0.1, -0.05) is 0 Å². The van der Waals surface area contributed by atoms with Crippen LogP contribution in [-0.2, 0) is 4.79 Å². The Balaban J connectivity index is 2.66. The number of carbonyl (C=O) groups is 1. The van der Waals surface area contributed by atoms with Crippen molar-refractivity contribution in [2.45, 2.75) is 20.0 Å². The first-order valence-electron chi connectivity index (χ1n) is 4.94. The van der Waals surface area contributed by atoms with E-state index in [1.807, 2.05) is 6.92 Å². The predicted octanol–water partition coefficient (Wildman–Crippen LogP) is 2.49. The molecule has 0 fully saturated rings. The molecule has 0 heterocycles. The molecule has 0 spiro atoms. The SMILES string of the molecule is CCNC(=O)C(C)Oc1ccc(F)c(Br)c1. The number of hydrogen-bond donors (Lipinski definition) is 1. The zero-order valence-corrected chi connectivity index (χ0v) is 10.7. The second kappa shape index (κ2) is 5.84. The van der Waals surface area contributed by atoms with Crippen LogP contribution in [0.5, 0.6) is 5.75 Å². The highest BCUT2D eigenvalue weighted by Gasteiger charge is 2.13. The molecule has 88 valence electrons. The predicted molar refractivity (Wildman–Crippen MR) is 62.9 cm³/mol. The lowest BCUT2D eigenvalue weighted by Gasteiger charge is -2.14. The minimum Gasteiger partial charge on any atom is -0.481 e. The van der Waals surface area contributed by atoms with Gasteiger partial charge >= 0.3 is 0 Å². The van der Waals surface area contributed by atoms with E-state index < -0.39 is 6.10 Å². The zero-order valence-electron chi connectivity index (χ0n) is 9.09. The molecule has 0 aliphatic rings. The molecular weight excluding hydrogens is 277 g/mol. The van der Waals surface area contributed by atoms with Crippen LogP contribution in [0.2, 0.25) is 0 Å². The average molecular weight is 290 g/mol. The van der Waals surface area contributed by atoms with E-state index in [-0.39, 0.29) is 11.7 Å². The molecule has 1 amide bonds. The van der Waals surface area contributed by atoms with Crippen molar-refractivity contribution in [3.8, 4) is 5.75 Å². The van der Waals surface area contributed by atoms with Crippen molar-refractivity contribution in [3.05, 3.63) is 28.5 Å². The number of halogens is 2. The van der Waals surface area contributed by atoms with E-state index in [0.29, 0.717) is 16.8 Å².